The van der Waals surface area contributed by atoms with Gasteiger partial charge in [0.15, 0.2) is 5.82 Å². The molecule has 0 spiro atoms. The molecule has 0 radical (unpaired) electrons. The van der Waals surface area contributed by atoms with Gasteiger partial charge in [-0.25, -0.2) is 0 Å². The SMILES string of the molecule is NC1(C(=O)Nc2nn(Cc3ccccc3)c3cccc(Oc4cccnc4)c23)CC1. The van der Waals surface area contributed by atoms with Gasteiger partial charge in [0, 0.05) is 6.20 Å². The number of nitrogens with one attached hydrogen (secondary N) is 1. The molecular weight excluding hydrogens is 378 g/mol. The highest BCUT2D eigenvalue weighted by molar-refractivity contribution is 6.06. The number of hydrogen-bond acceptors (Lipinski definition) is 5. The van der Waals surface area contributed by atoms with Crippen molar-refractivity contribution in [3.63, 3.8) is 0 Å². The number of rotatable bonds is 6. The highest BCUT2D eigenvalue weighted by Crippen LogP contribution is 2.38. The number of nitrogens with zero attached hydrogens (tertiary/aromatic N) is 3. The van der Waals surface area contributed by atoms with Gasteiger partial charge in [-0.3, -0.25) is 14.5 Å². The molecule has 1 amide bonds. The average molecular weight is 399 g/mol. The van der Waals surface area contributed by atoms with Crippen LogP contribution in [0.15, 0.2) is 73.1 Å². The lowest BCUT2D eigenvalue weighted by Crippen LogP contribution is -2.38. The Hall–Kier alpha value is -3.71. The molecule has 0 unspecified atom stereocenters. The second-order valence-electron chi connectivity index (χ2n) is 7.54. The van der Waals surface area contributed by atoms with E-state index in [1.165, 1.54) is 0 Å². The molecule has 150 valence electrons. The summed E-state index contributed by atoms with van der Waals surface area (Å²) in [7, 11) is 0. The highest BCUT2D eigenvalue weighted by Gasteiger charge is 2.46. The fourth-order valence-corrected chi connectivity index (χ4v) is 3.37. The summed E-state index contributed by atoms with van der Waals surface area (Å²) in [5.41, 5.74) is 7.26. The Morgan fingerprint density at radius 3 is 2.67 bits per heavy atom. The second kappa shape index (κ2) is 7.27. The summed E-state index contributed by atoms with van der Waals surface area (Å²) in [5, 5.41) is 8.36. The summed E-state index contributed by atoms with van der Waals surface area (Å²) in [6.07, 6.45) is 4.69. The molecule has 0 bridgehead atoms. The molecule has 4 aromatic rings. The molecule has 0 saturated heterocycles. The van der Waals surface area contributed by atoms with Crippen LogP contribution in [0.5, 0.6) is 11.5 Å². The van der Waals surface area contributed by atoms with E-state index in [0.717, 1.165) is 16.5 Å². The van der Waals surface area contributed by atoms with Crippen molar-refractivity contribution in [1.82, 2.24) is 14.8 Å². The average Bonchev–Trinajstić information content (AvgIpc) is 3.44. The van der Waals surface area contributed by atoms with E-state index in [0.29, 0.717) is 36.7 Å². The second-order valence-corrected chi connectivity index (χ2v) is 7.54. The number of hydrogen-bond donors (Lipinski definition) is 2. The summed E-state index contributed by atoms with van der Waals surface area (Å²) in [6, 6.07) is 19.4. The number of carbonyl (C=O) groups is 1. The Balaban J connectivity index is 1.59. The zero-order valence-corrected chi connectivity index (χ0v) is 16.3. The van der Waals surface area contributed by atoms with Gasteiger partial charge in [0.2, 0.25) is 5.91 Å². The first-order chi connectivity index (χ1) is 14.6. The zero-order chi connectivity index (χ0) is 20.6. The maximum Gasteiger partial charge on any atom is 0.245 e. The molecule has 30 heavy (non-hydrogen) atoms. The molecule has 7 nitrogen and oxygen atoms in total. The number of pyridine rings is 1. The molecule has 5 rings (SSSR count). The van der Waals surface area contributed by atoms with Crippen LogP contribution in [0, 0.1) is 0 Å². The summed E-state index contributed by atoms with van der Waals surface area (Å²) in [6.45, 7) is 0.567. The number of carbonyl (C=O) groups excluding carboxylic acids is 1. The summed E-state index contributed by atoms with van der Waals surface area (Å²) < 4.78 is 7.95. The Bertz CT molecular complexity index is 1200. The number of anilines is 1. The monoisotopic (exact) mass is 399 g/mol. The van der Waals surface area contributed by atoms with E-state index in [-0.39, 0.29) is 5.91 Å². The Kier molecular flexibility index (Phi) is 4.44. The van der Waals surface area contributed by atoms with Crippen molar-refractivity contribution in [2.45, 2.75) is 24.9 Å². The van der Waals surface area contributed by atoms with Crippen molar-refractivity contribution in [3.8, 4) is 11.5 Å². The highest BCUT2D eigenvalue weighted by atomic mass is 16.5. The minimum Gasteiger partial charge on any atom is -0.455 e. The molecule has 1 fully saturated rings. The smallest absolute Gasteiger partial charge is 0.245 e. The third-order valence-corrected chi connectivity index (χ3v) is 5.25. The van der Waals surface area contributed by atoms with Crippen LogP contribution >= 0.6 is 0 Å². The first-order valence-corrected chi connectivity index (χ1v) is 9.84. The molecule has 1 aliphatic carbocycles. The summed E-state index contributed by atoms with van der Waals surface area (Å²) >= 11 is 0. The predicted octanol–water partition coefficient (Wildman–Crippen LogP) is 3.70. The number of amides is 1. The van der Waals surface area contributed by atoms with Crippen molar-refractivity contribution < 1.29 is 9.53 Å². The van der Waals surface area contributed by atoms with Gasteiger partial charge in [-0.15, -0.1) is 0 Å². The van der Waals surface area contributed by atoms with Crippen molar-refractivity contribution in [2.24, 2.45) is 5.73 Å². The lowest BCUT2D eigenvalue weighted by atomic mass is 10.2. The lowest BCUT2D eigenvalue weighted by molar-refractivity contribution is -0.118. The van der Waals surface area contributed by atoms with Crippen molar-refractivity contribution in [1.29, 1.82) is 0 Å². The maximum absolute atomic E-state index is 12.6. The predicted molar refractivity (Wildman–Crippen MR) is 114 cm³/mol. The summed E-state index contributed by atoms with van der Waals surface area (Å²) in [5.74, 6) is 1.43. The number of nitrogens with two attached hydrogens (primary N) is 1. The van der Waals surface area contributed by atoms with Gasteiger partial charge in [0.1, 0.15) is 11.5 Å². The van der Waals surface area contributed by atoms with E-state index in [1.807, 2.05) is 65.3 Å². The van der Waals surface area contributed by atoms with Crippen LogP contribution in [0.4, 0.5) is 5.82 Å². The van der Waals surface area contributed by atoms with E-state index >= 15 is 0 Å². The zero-order valence-electron chi connectivity index (χ0n) is 16.3. The van der Waals surface area contributed by atoms with E-state index < -0.39 is 5.54 Å². The van der Waals surface area contributed by atoms with Gasteiger partial charge in [0.25, 0.3) is 0 Å². The van der Waals surface area contributed by atoms with Crippen molar-refractivity contribution in [2.75, 3.05) is 5.32 Å². The molecule has 2 aromatic heterocycles. The number of benzene rings is 2. The molecule has 2 heterocycles. The molecule has 0 atom stereocenters. The normalized spacial score (nSPS) is 14.4. The van der Waals surface area contributed by atoms with Crippen molar-refractivity contribution >= 4 is 22.6 Å². The standard InChI is InChI=1S/C23H21N5O2/c24-23(11-12-23)22(29)26-21-20-18(28(27-21)15-16-6-2-1-3-7-16)9-4-10-19(20)30-17-8-5-13-25-14-17/h1-10,13-14H,11-12,15,24H2,(H,26,27,29). The largest absolute Gasteiger partial charge is 0.455 e. The van der Waals surface area contributed by atoms with E-state index in [2.05, 4.69) is 10.3 Å². The van der Waals surface area contributed by atoms with Gasteiger partial charge in [-0.1, -0.05) is 36.4 Å². The van der Waals surface area contributed by atoms with E-state index in [9.17, 15) is 4.79 Å². The van der Waals surface area contributed by atoms with Crippen LogP contribution in [-0.2, 0) is 11.3 Å². The summed E-state index contributed by atoms with van der Waals surface area (Å²) in [4.78, 5) is 16.7. The Labute approximate surface area is 173 Å². The Morgan fingerprint density at radius 1 is 1.10 bits per heavy atom. The van der Waals surface area contributed by atoms with Gasteiger partial charge < -0.3 is 15.8 Å². The van der Waals surface area contributed by atoms with E-state index in [1.54, 1.807) is 12.4 Å². The van der Waals surface area contributed by atoms with E-state index in [4.69, 9.17) is 15.6 Å². The van der Waals surface area contributed by atoms with Gasteiger partial charge >= 0.3 is 0 Å². The third kappa shape index (κ3) is 3.51. The Morgan fingerprint density at radius 2 is 1.93 bits per heavy atom. The maximum atomic E-state index is 12.6. The molecule has 1 saturated carbocycles. The number of ether oxygens (including phenoxy) is 1. The van der Waals surface area contributed by atoms with Crippen LogP contribution in [0.2, 0.25) is 0 Å². The van der Waals surface area contributed by atoms with Crippen LogP contribution in [0.3, 0.4) is 0 Å². The molecule has 2 aromatic carbocycles. The fraction of sp³-hybridized carbons (Fsp3) is 0.174. The first-order valence-electron chi connectivity index (χ1n) is 9.84. The van der Waals surface area contributed by atoms with Gasteiger partial charge in [-0.2, -0.15) is 5.10 Å². The minimum absolute atomic E-state index is 0.218. The molecule has 7 heteroatoms. The van der Waals surface area contributed by atoms with Crippen LogP contribution < -0.4 is 15.8 Å². The van der Waals surface area contributed by atoms with Crippen molar-refractivity contribution in [3.05, 3.63) is 78.6 Å². The molecule has 0 aliphatic heterocycles. The molecular formula is C23H21N5O2. The van der Waals surface area contributed by atoms with Gasteiger partial charge in [0.05, 0.1) is 29.2 Å². The minimum atomic E-state index is -0.797. The topological polar surface area (TPSA) is 95.1 Å². The van der Waals surface area contributed by atoms with Crippen LogP contribution in [0.1, 0.15) is 18.4 Å². The van der Waals surface area contributed by atoms with Crippen LogP contribution in [-0.4, -0.2) is 26.2 Å². The fourth-order valence-electron chi connectivity index (χ4n) is 3.37. The first kappa shape index (κ1) is 18.3. The van der Waals surface area contributed by atoms with Gasteiger partial charge in [-0.05, 0) is 42.7 Å². The molecule has 3 N–H and O–H groups in total. The third-order valence-electron chi connectivity index (χ3n) is 5.25. The number of fused-ring (bicyclic) bond motifs is 1. The quantitative estimate of drug-likeness (QED) is 0.515. The molecule has 1 aliphatic rings. The van der Waals surface area contributed by atoms with Crippen LogP contribution in [0.25, 0.3) is 10.9 Å². The lowest BCUT2D eigenvalue weighted by Gasteiger charge is -2.10. The number of aromatic nitrogens is 3.